The van der Waals surface area contributed by atoms with Crippen molar-refractivity contribution in [1.29, 1.82) is 0 Å². The first kappa shape index (κ1) is 8.69. The van der Waals surface area contributed by atoms with E-state index in [2.05, 4.69) is 5.16 Å². The van der Waals surface area contributed by atoms with E-state index >= 15 is 0 Å². The van der Waals surface area contributed by atoms with Gasteiger partial charge in [0, 0.05) is 11.6 Å². The van der Waals surface area contributed by atoms with Crippen LogP contribution in [0.25, 0.3) is 11.3 Å². The summed E-state index contributed by atoms with van der Waals surface area (Å²) in [5, 5.41) is 3.79. The molecule has 2 aromatic rings. The first-order chi connectivity index (χ1) is 6.79. The third-order valence-electron chi connectivity index (χ3n) is 1.96. The van der Waals surface area contributed by atoms with Gasteiger partial charge in [0.15, 0.2) is 12.0 Å². The number of nitrogens with zero attached hydrogens (tertiary/aromatic N) is 1. The van der Waals surface area contributed by atoms with Crippen LogP contribution in [0.15, 0.2) is 34.9 Å². The van der Waals surface area contributed by atoms with Crippen molar-refractivity contribution in [3.8, 4) is 11.3 Å². The molecule has 0 amide bonds. The van der Waals surface area contributed by atoms with Gasteiger partial charge in [-0.1, -0.05) is 28.9 Å². The molecule has 0 N–H and O–H groups in total. The zero-order valence-corrected chi connectivity index (χ0v) is 7.73. The van der Waals surface area contributed by atoms with Crippen LogP contribution in [0.1, 0.15) is 16.1 Å². The fraction of sp³-hybridized carbons (Fsp3) is 0.0909. The molecule has 70 valence electrons. The molecule has 0 aliphatic rings. The lowest BCUT2D eigenvalue weighted by atomic mass is 10.1. The Balaban J connectivity index is 2.43. The van der Waals surface area contributed by atoms with Crippen LogP contribution >= 0.6 is 0 Å². The lowest BCUT2D eigenvalue weighted by Gasteiger charge is -1.95. The lowest BCUT2D eigenvalue weighted by Crippen LogP contribution is -1.77. The Bertz CT molecular complexity index is 460. The summed E-state index contributed by atoms with van der Waals surface area (Å²) in [6.07, 6.45) is 0.645. The Kier molecular flexibility index (Phi) is 2.14. The van der Waals surface area contributed by atoms with Crippen LogP contribution in [0.2, 0.25) is 0 Å². The highest BCUT2D eigenvalue weighted by atomic mass is 16.5. The highest BCUT2D eigenvalue weighted by Gasteiger charge is 2.04. The SMILES string of the molecule is Cc1cccc(-c2cc(C=O)on2)c1. The van der Waals surface area contributed by atoms with Gasteiger partial charge in [0.05, 0.1) is 0 Å². The Morgan fingerprint density at radius 2 is 2.21 bits per heavy atom. The fourth-order valence-electron chi connectivity index (χ4n) is 1.29. The summed E-state index contributed by atoms with van der Waals surface area (Å²) in [5.41, 5.74) is 2.80. The second-order valence-electron chi connectivity index (χ2n) is 3.10. The molecule has 3 heteroatoms. The number of hydrogen-bond acceptors (Lipinski definition) is 3. The molecular formula is C11H9NO2. The molecule has 1 aromatic carbocycles. The summed E-state index contributed by atoms with van der Waals surface area (Å²) < 4.78 is 4.79. The predicted molar refractivity (Wildman–Crippen MR) is 52.1 cm³/mol. The van der Waals surface area contributed by atoms with Gasteiger partial charge in [-0.25, -0.2) is 0 Å². The first-order valence-electron chi connectivity index (χ1n) is 4.28. The van der Waals surface area contributed by atoms with E-state index in [1.54, 1.807) is 6.07 Å². The van der Waals surface area contributed by atoms with E-state index in [4.69, 9.17) is 4.52 Å². The molecule has 14 heavy (non-hydrogen) atoms. The van der Waals surface area contributed by atoms with Crippen molar-refractivity contribution in [2.45, 2.75) is 6.92 Å². The maximum absolute atomic E-state index is 10.4. The van der Waals surface area contributed by atoms with Crippen LogP contribution in [-0.2, 0) is 0 Å². The summed E-state index contributed by atoms with van der Waals surface area (Å²) in [6.45, 7) is 2.00. The van der Waals surface area contributed by atoms with Crippen molar-refractivity contribution >= 4 is 6.29 Å². The Morgan fingerprint density at radius 1 is 1.36 bits per heavy atom. The average molecular weight is 187 g/mol. The van der Waals surface area contributed by atoms with Gasteiger partial charge in [0.1, 0.15) is 5.69 Å². The molecule has 2 rings (SSSR count). The molecule has 0 unspecified atom stereocenters. The van der Waals surface area contributed by atoms with E-state index in [0.29, 0.717) is 12.0 Å². The van der Waals surface area contributed by atoms with E-state index in [9.17, 15) is 4.79 Å². The molecule has 0 radical (unpaired) electrons. The smallest absolute Gasteiger partial charge is 0.199 e. The number of aryl methyl sites for hydroxylation is 1. The third kappa shape index (κ3) is 1.57. The zero-order valence-electron chi connectivity index (χ0n) is 7.73. The molecule has 1 aromatic heterocycles. The Labute approximate surface area is 81.3 Å². The largest absolute Gasteiger partial charge is 0.353 e. The molecule has 3 nitrogen and oxygen atoms in total. The van der Waals surface area contributed by atoms with Crippen molar-refractivity contribution in [3.05, 3.63) is 41.7 Å². The number of aldehydes is 1. The van der Waals surface area contributed by atoms with Gasteiger partial charge < -0.3 is 4.52 Å². The fourth-order valence-corrected chi connectivity index (χ4v) is 1.29. The minimum Gasteiger partial charge on any atom is -0.353 e. The number of hydrogen-bond donors (Lipinski definition) is 0. The molecule has 1 heterocycles. The van der Waals surface area contributed by atoms with Gasteiger partial charge in [-0.3, -0.25) is 4.79 Å². The van der Waals surface area contributed by atoms with Crippen molar-refractivity contribution in [2.75, 3.05) is 0 Å². The van der Waals surface area contributed by atoms with Crippen LogP contribution in [-0.4, -0.2) is 11.4 Å². The quantitative estimate of drug-likeness (QED) is 0.678. The summed E-state index contributed by atoms with van der Waals surface area (Å²) in [4.78, 5) is 10.4. The molecule has 0 bridgehead atoms. The monoisotopic (exact) mass is 187 g/mol. The van der Waals surface area contributed by atoms with E-state index in [0.717, 1.165) is 11.1 Å². The molecule has 0 atom stereocenters. The summed E-state index contributed by atoms with van der Waals surface area (Å²) in [7, 11) is 0. The molecule has 0 fully saturated rings. The maximum Gasteiger partial charge on any atom is 0.199 e. The standard InChI is InChI=1S/C11H9NO2/c1-8-3-2-4-9(5-8)11-6-10(7-13)14-12-11/h2-7H,1H3. The second kappa shape index (κ2) is 3.46. The number of carbonyl (C=O) groups is 1. The summed E-state index contributed by atoms with van der Waals surface area (Å²) >= 11 is 0. The highest BCUT2D eigenvalue weighted by molar-refractivity contribution is 5.73. The van der Waals surface area contributed by atoms with Crippen LogP contribution in [0.5, 0.6) is 0 Å². The summed E-state index contributed by atoms with van der Waals surface area (Å²) in [6, 6.07) is 9.50. The van der Waals surface area contributed by atoms with E-state index in [1.165, 1.54) is 0 Å². The number of carbonyl (C=O) groups excluding carboxylic acids is 1. The van der Waals surface area contributed by atoms with E-state index < -0.39 is 0 Å². The minimum atomic E-state index is 0.251. The second-order valence-corrected chi connectivity index (χ2v) is 3.10. The van der Waals surface area contributed by atoms with Crippen LogP contribution < -0.4 is 0 Å². The van der Waals surface area contributed by atoms with Gasteiger partial charge in [-0.15, -0.1) is 0 Å². The molecule has 0 saturated heterocycles. The lowest BCUT2D eigenvalue weighted by molar-refractivity contribution is 0.109. The molecular weight excluding hydrogens is 178 g/mol. The van der Waals surface area contributed by atoms with Gasteiger partial charge in [0.2, 0.25) is 0 Å². The molecule has 0 aliphatic heterocycles. The van der Waals surface area contributed by atoms with E-state index in [1.807, 2.05) is 31.2 Å². The normalized spacial score (nSPS) is 10.1. The topological polar surface area (TPSA) is 43.1 Å². The van der Waals surface area contributed by atoms with Gasteiger partial charge in [-0.05, 0) is 13.0 Å². The molecule has 0 saturated carbocycles. The van der Waals surface area contributed by atoms with Gasteiger partial charge in [-0.2, -0.15) is 0 Å². The first-order valence-corrected chi connectivity index (χ1v) is 4.28. The Morgan fingerprint density at radius 3 is 2.86 bits per heavy atom. The average Bonchev–Trinajstić information content (AvgIpc) is 2.66. The summed E-state index contributed by atoms with van der Waals surface area (Å²) in [5.74, 6) is 0.251. The molecule has 0 aliphatic carbocycles. The Hall–Kier alpha value is -1.90. The van der Waals surface area contributed by atoms with Crippen molar-refractivity contribution in [1.82, 2.24) is 5.16 Å². The van der Waals surface area contributed by atoms with E-state index in [-0.39, 0.29) is 5.76 Å². The van der Waals surface area contributed by atoms with Gasteiger partial charge in [0.25, 0.3) is 0 Å². The predicted octanol–water partition coefficient (Wildman–Crippen LogP) is 2.46. The number of rotatable bonds is 2. The third-order valence-corrected chi connectivity index (χ3v) is 1.96. The number of benzene rings is 1. The van der Waals surface area contributed by atoms with Gasteiger partial charge >= 0.3 is 0 Å². The highest BCUT2D eigenvalue weighted by Crippen LogP contribution is 2.19. The minimum absolute atomic E-state index is 0.251. The van der Waals surface area contributed by atoms with Crippen LogP contribution in [0.4, 0.5) is 0 Å². The molecule has 0 spiro atoms. The van der Waals surface area contributed by atoms with Crippen molar-refractivity contribution < 1.29 is 9.32 Å². The van der Waals surface area contributed by atoms with Crippen molar-refractivity contribution in [2.24, 2.45) is 0 Å². The number of aromatic nitrogens is 1. The van der Waals surface area contributed by atoms with Crippen LogP contribution in [0, 0.1) is 6.92 Å². The van der Waals surface area contributed by atoms with Crippen molar-refractivity contribution in [3.63, 3.8) is 0 Å². The van der Waals surface area contributed by atoms with Crippen LogP contribution in [0.3, 0.4) is 0 Å². The zero-order chi connectivity index (χ0) is 9.97. The maximum atomic E-state index is 10.4.